The second-order valence-corrected chi connectivity index (χ2v) is 5.73. The molecule has 0 spiro atoms. The third kappa shape index (κ3) is 4.14. The highest BCUT2D eigenvalue weighted by atomic mass is 35.5. The number of benzene rings is 1. The van der Waals surface area contributed by atoms with Crippen molar-refractivity contribution in [3.05, 3.63) is 28.3 Å². The average molecular weight is 365 g/mol. The summed E-state index contributed by atoms with van der Waals surface area (Å²) in [5.74, 6) is -1.60. The van der Waals surface area contributed by atoms with Crippen molar-refractivity contribution in [2.45, 2.75) is 38.5 Å². The van der Waals surface area contributed by atoms with Gasteiger partial charge in [-0.3, -0.25) is 0 Å². The van der Waals surface area contributed by atoms with Gasteiger partial charge in [-0.15, -0.1) is 0 Å². The molecule has 1 aromatic rings. The quantitative estimate of drug-likeness (QED) is 0.743. The summed E-state index contributed by atoms with van der Waals surface area (Å²) in [4.78, 5) is 11.1. The number of ether oxygens (including phenoxy) is 2. The lowest BCUT2D eigenvalue weighted by molar-refractivity contribution is -0.187. The van der Waals surface area contributed by atoms with Crippen molar-refractivity contribution in [1.82, 2.24) is 0 Å². The van der Waals surface area contributed by atoms with Gasteiger partial charge >= 0.3 is 12.1 Å². The fraction of sp³-hybridized carbons (Fsp3) is 0.438. The molecule has 1 aliphatic heterocycles. The Hall–Kier alpha value is -1.89. The van der Waals surface area contributed by atoms with E-state index in [9.17, 15) is 18.0 Å². The smallest absolute Gasteiger partial charge is 0.430 e. The van der Waals surface area contributed by atoms with Crippen LogP contribution in [0.3, 0.4) is 0 Å². The number of carboxylic acids is 1. The van der Waals surface area contributed by atoms with Crippen molar-refractivity contribution in [3.8, 4) is 11.5 Å². The molecule has 0 saturated heterocycles. The Kier molecular flexibility index (Phi) is 5.64. The van der Waals surface area contributed by atoms with E-state index in [1.54, 1.807) is 0 Å². The summed E-state index contributed by atoms with van der Waals surface area (Å²) in [6.45, 7) is 2.41. The molecule has 2 rings (SSSR count). The lowest BCUT2D eigenvalue weighted by atomic mass is 10.0. The van der Waals surface area contributed by atoms with Crippen molar-refractivity contribution in [2.24, 2.45) is 0 Å². The van der Waals surface area contributed by atoms with Crippen molar-refractivity contribution < 1.29 is 32.5 Å². The Bertz CT molecular complexity index is 655. The van der Waals surface area contributed by atoms with E-state index in [0.29, 0.717) is 6.61 Å². The van der Waals surface area contributed by atoms with Gasteiger partial charge in [0.2, 0.25) is 6.10 Å². The zero-order valence-electron chi connectivity index (χ0n) is 12.8. The van der Waals surface area contributed by atoms with Gasteiger partial charge in [-0.2, -0.15) is 13.2 Å². The van der Waals surface area contributed by atoms with Gasteiger partial charge in [-0.1, -0.05) is 31.4 Å². The molecule has 0 saturated carbocycles. The molecule has 1 N–H and O–H groups in total. The molecule has 4 nitrogen and oxygen atoms in total. The number of carbonyl (C=O) groups is 1. The zero-order chi connectivity index (χ0) is 17.9. The van der Waals surface area contributed by atoms with Crippen LogP contribution in [0.15, 0.2) is 17.7 Å². The van der Waals surface area contributed by atoms with E-state index in [1.165, 1.54) is 12.1 Å². The largest absolute Gasteiger partial charge is 0.492 e. The standard InChI is InChI=1S/C16H16ClF3O4/c1-2-3-4-5-23-13-8-12-9(7-11(13)17)6-10(15(21)22)14(24-12)16(18,19)20/h6-8,14H,2-5H2,1H3,(H,21,22). The highest BCUT2D eigenvalue weighted by Gasteiger charge is 2.48. The van der Waals surface area contributed by atoms with Crippen molar-refractivity contribution >= 4 is 23.6 Å². The first-order valence-corrected chi connectivity index (χ1v) is 7.76. The first-order valence-electron chi connectivity index (χ1n) is 7.38. The van der Waals surface area contributed by atoms with Crippen molar-refractivity contribution in [2.75, 3.05) is 6.61 Å². The Morgan fingerprint density at radius 1 is 1.38 bits per heavy atom. The number of alkyl halides is 3. The second kappa shape index (κ2) is 7.34. The maximum atomic E-state index is 13.0. The van der Waals surface area contributed by atoms with E-state index in [1.807, 2.05) is 6.92 Å². The monoisotopic (exact) mass is 364 g/mol. The normalized spacial score (nSPS) is 16.9. The number of fused-ring (bicyclic) bond motifs is 1. The molecule has 1 atom stereocenters. The third-order valence-electron chi connectivity index (χ3n) is 3.45. The average Bonchev–Trinajstić information content (AvgIpc) is 2.49. The molecule has 1 heterocycles. The molecule has 0 radical (unpaired) electrons. The lowest BCUT2D eigenvalue weighted by Crippen LogP contribution is -2.40. The van der Waals surface area contributed by atoms with Crippen LogP contribution in [-0.4, -0.2) is 30.0 Å². The third-order valence-corrected chi connectivity index (χ3v) is 3.75. The number of aliphatic carboxylic acids is 1. The van der Waals surface area contributed by atoms with Gasteiger partial charge in [0.15, 0.2) is 0 Å². The minimum Gasteiger partial charge on any atom is -0.492 e. The molecule has 24 heavy (non-hydrogen) atoms. The van der Waals surface area contributed by atoms with E-state index in [2.05, 4.69) is 0 Å². The Balaban J connectivity index is 2.31. The topological polar surface area (TPSA) is 55.8 Å². The van der Waals surface area contributed by atoms with Crippen LogP contribution in [0.1, 0.15) is 31.7 Å². The molecule has 1 unspecified atom stereocenters. The van der Waals surface area contributed by atoms with Gasteiger partial charge in [0.1, 0.15) is 11.5 Å². The van der Waals surface area contributed by atoms with Gasteiger partial charge in [0, 0.05) is 11.6 Å². The zero-order valence-corrected chi connectivity index (χ0v) is 13.6. The molecule has 0 aromatic heterocycles. The minimum atomic E-state index is -4.84. The molecule has 1 aromatic carbocycles. The van der Waals surface area contributed by atoms with E-state index >= 15 is 0 Å². The maximum Gasteiger partial charge on any atom is 0.430 e. The molecule has 1 aliphatic rings. The summed E-state index contributed by atoms with van der Waals surface area (Å²) in [5.41, 5.74) is -0.721. The van der Waals surface area contributed by atoms with E-state index in [-0.39, 0.29) is 22.1 Å². The van der Waals surface area contributed by atoms with Gasteiger partial charge in [0.05, 0.1) is 17.2 Å². The highest BCUT2D eigenvalue weighted by molar-refractivity contribution is 6.32. The molecule has 0 fully saturated rings. The SMILES string of the molecule is CCCCCOc1cc2c(cc1Cl)C=C(C(=O)O)C(C(F)(F)F)O2. The van der Waals surface area contributed by atoms with Crippen molar-refractivity contribution in [3.63, 3.8) is 0 Å². The number of hydrogen-bond acceptors (Lipinski definition) is 3. The predicted octanol–water partition coefficient (Wildman–Crippen LogP) is 4.70. The molecule has 132 valence electrons. The molecule has 0 bridgehead atoms. The van der Waals surface area contributed by atoms with Gasteiger partial charge in [0.25, 0.3) is 0 Å². The fourth-order valence-corrected chi connectivity index (χ4v) is 2.49. The first-order chi connectivity index (χ1) is 11.2. The Morgan fingerprint density at radius 3 is 2.67 bits per heavy atom. The Labute approximate surface area is 141 Å². The van der Waals surface area contributed by atoms with E-state index in [0.717, 1.165) is 25.3 Å². The van der Waals surface area contributed by atoms with Crippen LogP contribution in [0.25, 0.3) is 6.08 Å². The highest BCUT2D eigenvalue weighted by Crippen LogP contribution is 2.41. The number of carboxylic acid groups (broad SMARTS) is 1. The van der Waals surface area contributed by atoms with Crippen molar-refractivity contribution in [1.29, 1.82) is 0 Å². The number of unbranched alkanes of at least 4 members (excludes halogenated alkanes) is 2. The first kappa shape index (κ1) is 18.4. The van der Waals surface area contributed by atoms with Gasteiger partial charge in [-0.25, -0.2) is 4.79 Å². The molecule has 0 aliphatic carbocycles. The molecular formula is C16H16ClF3O4. The fourth-order valence-electron chi connectivity index (χ4n) is 2.26. The lowest BCUT2D eigenvalue weighted by Gasteiger charge is -2.27. The van der Waals surface area contributed by atoms with Crippen LogP contribution in [0.4, 0.5) is 13.2 Å². The van der Waals surface area contributed by atoms with Crippen LogP contribution in [0.5, 0.6) is 11.5 Å². The summed E-state index contributed by atoms with van der Waals surface area (Å²) in [7, 11) is 0. The molecular weight excluding hydrogens is 349 g/mol. The maximum absolute atomic E-state index is 13.0. The minimum absolute atomic E-state index is 0.114. The summed E-state index contributed by atoms with van der Waals surface area (Å²) >= 11 is 6.05. The summed E-state index contributed by atoms with van der Waals surface area (Å²) < 4.78 is 49.4. The second-order valence-electron chi connectivity index (χ2n) is 5.32. The van der Waals surface area contributed by atoms with Crippen LogP contribution in [0.2, 0.25) is 5.02 Å². The van der Waals surface area contributed by atoms with Gasteiger partial charge in [-0.05, 0) is 18.6 Å². The molecule has 8 heteroatoms. The van der Waals surface area contributed by atoms with Crippen LogP contribution < -0.4 is 9.47 Å². The number of halogens is 4. The van der Waals surface area contributed by atoms with Crippen LogP contribution >= 0.6 is 11.6 Å². The van der Waals surface area contributed by atoms with E-state index < -0.39 is 23.8 Å². The Morgan fingerprint density at radius 2 is 2.08 bits per heavy atom. The summed E-state index contributed by atoms with van der Waals surface area (Å²) in [6, 6.07) is 2.60. The summed E-state index contributed by atoms with van der Waals surface area (Å²) in [6.07, 6.45) is -3.70. The van der Waals surface area contributed by atoms with Crippen LogP contribution in [0, 0.1) is 0 Å². The van der Waals surface area contributed by atoms with Gasteiger partial charge < -0.3 is 14.6 Å². The molecule has 0 amide bonds. The van der Waals surface area contributed by atoms with Crippen LogP contribution in [-0.2, 0) is 4.79 Å². The van der Waals surface area contributed by atoms with E-state index in [4.69, 9.17) is 26.2 Å². The predicted molar refractivity (Wildman–Crippen MR) is 82.6 cm³/mol. The number of hydrogen-bond donors (Lipinski definition) is 1. The number of rotatable bonds is 6. The summed E-state index contributed by atoms with van der Waals surface area (Å²) in [5, 5.41) is 9.16.